The minimum absolute atomic E-state index is 0.0515. The van der Waals surface area contributed by atoms with Crippen LogP contribution in [0, 0.1) is 0 Å². The Kier molecular flexibility index (Phi) is 5.23. The predicted molar refractivity (Wildman–Crippen MR) is 95.1 cm³/mol. The summed E-state index contributed by atoms with van der Waals surface area (Å²) >= 11 is 1.13. The number of nitrogens with one attached hydrogen (secondary N) is 1. The standard InChI is InChI=1S/C15H18N4O5S2/c1-10(20)12-9-25-15(16-12)17-14(21)13-7-11(8-18(13)2)26(22,23)19-3-5-24-6-4-19/h7-9H,3-6H2,1-2H3,(H,16,17,21). The van der Waals surface area contributed by atoms with Crippen LogP contribution in [0.3, 0.4) is 0 Å². The number of anilines is 1. The van der Waals surface area contributed by atoms with Crippen LogP contribution >= 0.6 is 11.3 Å². The van der Waals surface area contributed by atoms with Crippen LogP contribution in [-0.4, -0.2) is 60.3 Å². The molecule has 0 aromatic carbocycles. The molecule has 140 valence electrons. The lowest BCUT2D eigenvalue weighted by atomic mass is 10.4. The fourth-order valence-electron chi connectivity index (χ4n) is 2.49. The lowest BCUT2D eigenvalue weighted by molar-refractivity contribution is 0.0730. The number of nitrogens with zero attached hydrogens (tertiary/aromatic N) is 3. The van der Waals surface area contributed by atoms with Gasteiger partial charge in [0.05, 0.1) is 13.2 Å². The van der Waals surface area contributed by atoms with Crippen LogP contribution in [0.1, 0.15) is 27.9 Å². The van der Waals surface area contributed by atoms with E-state index in [4.69, 9.17) is 4.74 Å². The van der Waals surface area contributed by atoms with Gasteiger partial charge in [-0.25, -0.2) is 13.4 Å². The number of carbonyl (C=O) groups is 2. The molecule has 0 radical (unpaired) electrons. The molecule has 1 N–H and O–H groups in total. The lowest BCUT2D eigenvalue weighted by Crippen LogP contribution is -2.40. The minimum atomic E-state index is -3.68. The lowest BCUT2D eigenvalue weighted by Gasteiger charge is -2.25. The summed E-state index contributed by atoms with van der Waals surface area (Å²) in [7, 11) is -2.09. The maximum absolute atomic E-state index is 12.7. The van der Waals surface area contributed by atoms with Crippen molar-refractivity contribution in [1.29, 1.82) is 0 Å². The number of rotatable bonds is 5. The van der Waals surface area contributed by atoms with E-state index >= 15 is 0 Å². The number of aryl methyl sites for hydroxylation is 1. The Morgan fingerprint density at radius 3 is 2.62 bits per heavy atom. The SMILES string of the molecule is CC(=O)c1csc(NC(=O)c2cc(S(=O)(=O)N3CCOCC3)cn2C)n1. The molecule has 0 unspecified atom stereocenters. The Labute approximate surface area is 154 Å². The number of amides is 1. The molecule has 0 spiro atoms. The van der Waals surface area contributed by atoms with Gasteiger partial charge >= 0.3 is 0 Å². The van der Waals surface area contributed by atoms with Crippen molar-refractivity contribution < 1.29 is 22.7 Å². The average Bonchev–Trinajstić information content (AvgIpc) is 3.22. The first kappa shape index (κ1) is 18.7. The highest BCUT2D eigenvalue weighted by Crippen LogP contribution is 2.21. The number of Topliss-reactive ketones (excluding diaryl/α,β-unsaturated/α-hetero) is 1. The summed E-state index contributed by atoms with van der Waals surface area (Å²) in [4.78, 5) is 27.8. The van der Waals surface area contributed by atoms with Crippen molar-refractivity contribution in [3.63, 3.8) is 0 Å². The summed E-state index contributed by atoms with van der Waals surface area (Å²) in [5.74, 6) is -0.695. The molecule has 0 atom stereocenters. The number of aromatic nitrogens is 2. The van der Waals surface area contributed by atoms with Crippen molar-refractivity contribution in [2.45, 2.75) is 11.8 Å². The van der Waals surface area contributed by atoms with E-state index in [0.29, 0.717) is 13.2 Å². The fourth-order valence-corrected chi connectivity index (χ4v) is 4.72. The van der Waals surface area contributed by atoms with Crippen molar-refractivity contribution in [2.75, 3.05) is 31.6 Å². The average molecular weight is 398 g/mol. The summed E-state index contributed by atoms with van der Waals surface area (Å²) in [5.41, 5.74) is 0.448. The Hall–Kier alpha value is -2.08. The number of sulfonamides is 1. The molecule has 1 aliphatic heterocycles. The van der Waals surface area contributed by atoms with Crippen molar-refractivity contribution in [1.82, 2.24) is 13.9 Å². The van der Waals surface area contributed by atoms with E-state index in [9.17, 15) is 18.0 Å². The molecule has 0 aliphatic carbocycles. The molecular formula is C15H18N4O5S2. The molecular weight excluding hydrogens is 380 g/mol. The normalized spacial score (nSPS) is 15.8. The van der Waals surface area contributed by atoms with E-state index in [1.165, 1.54) is 28.1 Å². The summed E-state index contributed by atoms with van der Waals surface area (Å²) < 4.78 is 33.3. The van der Waals surface area contributed by atoms with E-state index < -0.39 is 15.9 Å². The van der Waals surface area contributed by atoms with Crippen molar-refractivity contribution >= 4 is 38.2 Å². The molecule has 1 saturated heterocycles. The fraction of sp³-hybridized carbons (Fsp3) is 0.400. The first-order valence-electron chi connectivity index (χ1n) is 7.81. The number of morpholine rings is 1. The van der Waals surface area contributed by atoms with Crippen LogP contribution in [0.15, 0.2) is 22.5 Å². The molecule has 1 aliphatic rings. The number of ketones is 1. The highest BCUT2D eigenvalue weighted by molar-refractivity contribution is 7.89. The van der Waals surface area contributed by atoms with E-state index in [2.05, 4.69) is 10.3 Å². The second kappa shape index (κ2) is 7.27. The van der Waals surface area contributed by atoms with Crippen LogP contribution in [0.25, 0.3) is 0 Å². The van der Waals surface area contributed by atoms with Gasteiger partial charge in [0.2, 0.25) is 10.0 Å². The third-order valence-corrected chi connectivity index (χ3v) is 6.53. The number of carbonyl (C=O) groups excluding carboxylic acids is 2. The maximum Gasteiger partial charge on any atom is 0.274 e. The van der Waals surface area contributed by atoms with Gasteiger partial charge in [-0.3, -0.25) is 14.9 Å². The summed E-state index contributed by atoms with van der Waals surface area (Å²) in [6.45, 7) is 2.65. The topological polar surface area (TPSA) is 111 Å². The van der Waals surface area contributed by atoms with Gasteiger partial charge in [-0.05, 0) is 6.07 Å². The summed E-state index contributed by atoms with van der Waals surface area (Å²) in [6.07, 6.45) is 1.41. The Morgan fingerprint density at radius 2 is 2.00 bits per heavy atom. The van der Waals surface area contributed by atoms with Gasteiger partial charge in [0.25, 0.3) is 5.91 Å². The molecule has 1 fully saturated rings. The smallest absolute Gasteiger partial charge is 0.274 e. The largest absolute Gasteiger partial charge is 0.379 e. The molecule has 1 amide bonds. The summed E-state index contributed by atoms with van der Waals surface area (Å²) in [5, 5.41) is 4.42. The van der Waals surface area contributed by atoms with E-state index in [-0.39, 0.29) is 40.3 Å². The van der Waals surface area contributed by atoms with Crippen molar-refractivity contribution in [3.8, 4) is 0 Å². The van der Waals surface area contributed by atoms with Gasteiger partial charge in [-0.15, -0.1) is 11.3 Å². The van der Waals surface area contributed by atoms with Gasteiger partial charge in [0, 0.05) is 38.6 Å². The monoisotopic (exact) mass is 398 g/mol. The molecule has 9 nitrogen and oxygen atoms in total. The number of ether oxygens (including phenoxy) is 1. The molecule has 3 rings (SSSR count). The maximum atomic E-state index is 12.7. The van der Waals surface area contributed by atoms with Gasteiger partial charge in [0.15, 0.2) is 10.9 Å². The highest BCUT2D eigenvalue weighted by Gasteiger charge is 2.29. The Bertz CT molecular complexity index is 941. The highest BCUT2D eigenvalue weighted by atomic mass is 32.2. The van der Waals surface area contributed by atoms with Crippen LogP contribution in [-0.2, 0) is 21.8 Å². The first-order valence-corrected chi connectivity index (χ1v) is 10.1. The predicted octanol–water partition coefficient (Wildman–Crippen LogP) is 0.957. The quantitative estimate of drug-likeness (QED) is 0.751. The molecule has 0 saturated carbocycles. The van der Waals surface area contributed by atoms with E-state index in [1.54, 1.807) is 12.4 Å². The molecule has 2 aromatic heterocycles. The molecule has 3 heterocycles. The zero-order valence-corrected chi connectivity index (χ0v) is 15.9. The van der Waals surface area contributed by atoms with Crippen LogP contribution in [0.2, 0.25) is 0 Å². The van der Waals surface area contributed by atoms with Crippen LogP contribution < -0.4 is 5.32 Å². The third-order valence-electron chi connectivity index (χ3n) is 3.91. The molecule has 26 heavy (non-hydrogen) atoms. The molecule has 11 heteroatoms. The Balaban J connectivity index is 1.80. The van der Waals surface area contributed by atoms with E-state index in [1.807, 2.05) is 0 Å². The second-order valence-corrected chi connectivity index (χ2v) is 8.53. The Morgan fingerprint density at radius 1 is 1.31 bits per heavy atom. The van der Waals surface area contributed by atoms with Crippen molar-refractivity contribution in [3.05, 3.63) is 29.0 Å². The van der Waals surface area contributed by atoms with Crippen molar-refractivity contribution in [2.24, 2.45) is 7.05 Å². The zero-order chi connectivity index (χ0) is 18.9. The molecule has 0 bridgehead atoms. The van der Waals surface area contributed by atoms with E-state index in [0.717, 1.165) is 11.3 Å². The van der Waals surface area contributed by atoms with Crippen LogP contribution in [0.4, 0.5) is 5.13 Å². The third kappa shape index (κ3) is 3.70. The number of hydrogen-bond donors (Lipinski definition) is 1. The van der Waals surface area contributed by atoms with Gasteiger partial charge in [0.1, 0.15) is 16.3 Å². The molecule has 2 aromatic rings. The number of thiazole rings is 1. The summed E-state index contributed by atoms with van der Waals surface area (Å²) in [6, 6.07) is 1.33. The van der Waals surface area contributed by atoms with Gasteiger partial charge in [-0.1, -0.05) is 0 Å². The minimum Gasteiger partial charge on any atom is -0.379 e. The second-order valence-electron chi connectivity index (χ2n) is 5.74. The number of hydrogen-bond acceptors (Lipinski definition) is 7. The zero-order valence-electron chi connectivity index (χ0n) is 14.3. The van der Waals surface area contributed by atoms with Gasteiger partial charge < -0.3 is 9.30 Å². The van der Waals surface area contributed by atoms with Gasteiger partial charge in [-0.2, -0.15) is 4.31 Å². The van der Waals surface area contributed by atoms with Crippen LogP contribution in [0.5, 0.6) is 0 Å². The first-order chi connectivity index (χ1) is 12.3.